The third-order valence-electron chi connectivity index (χ3n) is 1.73. The molecule has 88 valence electrons. The van der Waals surface area contributed by atoms with E-state index in [2.05, 4.69) is 6.92 Å². The van der Waals surface area contributed by atoms with E-state index in [1.165, 1.54) is 6.08 Å². The minimum Gasteiger partial charge on any atom is -0.207 e. The Labute approximate surface area is 94.6 Å². The van der Waals surface area contributed by atoms with Gasteiger partial charge in [-0.05, 0) is 31.4 Å². The standard InChI is InChI=1S/C12H19F.C2H6/c1-5-11(6-2)7-8-12(13)9-10(3)4;1-2/h5,7-10H,6H2,1-4H3;1-2H3/b8-7-,11-5-,12-9-;. The number of halogens is 1. The van der Waals surface area contributed by atoms with Gasteiger partial charge in [0, 0.05) is 0 Å². The molecular weight excluding hydrogens is 187 g/mol. The smallest absolute Gasteiger partial charge is 0.119 e. The van der Waals surface area contributed by atoms with Gasteiger partial charge in [0.1, 0.15) is 5.83 Å². The van der Waals surface area contributed by atoms with E-state index in [1.807, 2.05) is 46.8 Å². The molecule has 0 atom stereocenters. The summed E-state index contributed by atoms with van der Waals surface area (Å²) in [5.41, 5.74) is 1.16. The quantitative estimate of drug-likeness (QED) is 0.545. The molecule has 0 aromatic rings. The molecule has 0 aromatic heterocycles. The van der Waals surface area contributed by atoms with Gasteiger partial charge in [0.25, 0.3) is 0 Å². The molecular formula is C14H25F. The summed E-state index contributed by atoms with van der Waals surface area (Å²) in [5, 5.41) is 0. The van der Waals surface area contributed by atoms with Crippen molar-refractivity contribution in [3.63, 3.8) is 0 Å². The average molecular weight is 212 g/mol. The van der Waals surface area contributed by atoms with E-state index in [9.17, 15) is 4.39 Å². The first-order valence-electron chi connectivity index (χ1n) is 5.80. The fourth-order valence-electron chi connectivity index (χ4n) is 0.979. The summed E-state index contributed by atoms with van der Waals surface area (Å²) in [7, 11) is 0. The van der Waals surface area contributed by atoms with Crippen molar-refractivity contribution in [2.75, 3.05) is 0 Å². The van der Waals surface area contributed by atoms with Crippen molar-refractivity contribution in [3.05, 3.63) is 35.7 Å². The van der Waals surface area contributed by atoms with Crippen molar-refractivity contribution < 1.29 is 4.39 Å². The van der Waals surface area contributed by atoms with Crippen LogP contribution in [0.1, 0.15) is 48.0 Å². The van der Waals surface area contributed by atoms with Crippen molar-refractivity contribution >= 4 is 0 Å². The Morgan fingerprint density at radius 3 is 2.07 bits per heavy atom. The molecule has 0 bridgehead atoms. The molecule has 0 aliphatic carbocycles. The highest BCUT2D eigenvalue weighted by Crippen LogP contribution is 2.08. The summed E-state index contributed by atoms with van der Waals surface area (Å²) in [5.74, 6) is 0.114. The second-order valence-electron chi connectivity index (χ2n) is 3.35. The first-order valence-corrected chi connectivity index (χ1v) is 5.80. The number of allylic oxidation sites excluding steroid dienone is 6. The highest BCUT2D eigenvalue weighted by Gasteiger charge is 1.91. The molecule has 0 N–H and O–H groups in total. The lowest BCUT2D eigenvalue weighted by Gasteiger charge is -1.95. The summed E-state index contributed by atoms with van der Waals surface area (Å²) in [6.07, 6.45) is 7.91. The molecule has 0 fully saturated rings. The van der Waals surface area contributed by atoms with Gasteiger partial charge in [-0.1, -0.05) is 52.3 Å². The van der Waals surface area contributed by atoms with Crippen LogP contribution in [0.3, 0.4) is 0 Å². The largest absolute Gasteiger partial charge is 0.207 e. The number of rotatable bonds is 4. The van der Waals surface area contributed by atoms with Crippen LogP contribution in [0.4, 0.5) is 4.39 Å². The molecule has 0 saturated carbocycles. The van der Waals surface area contributed by atoms with Crippen LogP contribution < -0.4 is 0 Å². The van der Waals surface area contributed by atoms with Gasteiger partial charge in [-0.3, -0.25) is 0 Å². The van der Waals surface area contributed by atoms with Gasteiger partial charge in [-0.15, -0.1) is 0 Å². The van der Waals surface area contributed by atoms with E-state index in [0.29, 0.717) is 0 Å². The predicted molar refractivity (Wildman–Crippen MR) is 68.6 cm³/mol. The maximum absolute atomic E-state index is 13.0. The van der Waals surface area contributed by atoms with Gasteiger partial charge in [-0.2, -0.15) is 0 Å². The van der Waals surface area contributed by atoms with E-state index >= 15 is 0 Å². The van der Waals surface area contributed by atoms with E-state index in [4.69, 9.17) is 0 Å². The van der Waals surface area contributed by atoms with Crippen molar-refractivity contribution in [3.8, 4) is 0 Å². The van der Waals surface area contributed by atoms with Crippen molar-refractivity contribution in [1.82, 2.24) is 0 Å². The van der Waals surface area contributed by atoms with Gasteiger partial charge in [0.05, 0.1) is 0 Å². The summed E-state index contributed by atoms with van der Waals surface area (Å²) >= 11 is 0. The monoisotopic (exact) mass is 212 g/mol. The van der Waals surface area contributed by atoms with Crippen LogP contribution in [-0.2, 0) is 0 Å². The molecule has 0 radical (unpaired) electrons. The van der Waals surface area contributed by atoms with Crippen LogP contribution in [0.25, 0.3) is 0 Å². The lowest BCUT2D eigenvalue weighted by Crippen LogP contribution is -1.80. The molecule has 0 saturated heterocycles. The first-order chi connectivity index (χ1) is 7.10. The number of hydrogen-bond donors (Lipinski definition) is 0. The Kier molecular flexibility index (Phi) is 12.4. The molecule has 0 amide bonds. The lowest BCUT2D eigenvalue weighted by atomic mass is 10.1. The summed E-state index contributed by atoms with van der Waals surface area (Å²) < 4.78 is 13.0. The molecule has 0 rings (SSSR count). The zero-order valence-electron chi connectivity index (χ0n) is 11.0. The Hall–Kier alpha value is -0.850. The second kappa shape index (κ2) is 11.2. The van der Waals surface area contributed by atoms with Crippen LogP contribution in [0, 0.1) is 5.92 Å². The van der Waals surface area contributed by atoms with Crippen molar-refractivity contribution in [2.45, 2.75) is 48.0 Å². The van der Waals surface area contributed by atoms with Crippen LogP contribution in [-0.4, -0.2) is 0 Å². The topological polar surface area (TPSA) is 0 Å². The Morgan fingerprint density at radius 1 is 1.20 bits per heavy atom. The fraction of sp³-hybridized carbons (Fsp3) is 0.571. The van der Waals surface area contributed by atoms with Crippen molar-refractivity contribution in [1.29, 1.82) is 0 Å². The third kappa shape index (κ3) is 11.1. The van der Waals surface area contributed by atoms with E-state index < -0.39 is 0 Å². The summed E-state index contributed by atoms with van der Waals surface area (Å²) in [4.78, 5) is 0. The maximum atomic E-state index is 13.0. The average Bonchev–Trinajstić information content (AvgIpc) is 2.21. The van der Waals surface area contributed by atoms with Crippen LogP contribution in [0.15, 0.2) is 35.7 Å². The van der Waals surface area contributed by atoms with E-state index in [0.717, 1.165) is 12.0 Å². The molecule has 0 heterocycles. The third-order valence-corrected chi connectivity index (χ3v) is 1.73. The van der Waals surface area contributed by atoms with Crippen molar-refractivity contribution in [2.24, 2.45) is 5.92 Å². The van der Waals surface area contributed by atoms with Crippen LogP contribution >= 0.6 is 0 Å². The highest BCUT2D eigenvalue weighted by molar-refractivity contribution is 5.24. The molecule has 0 aliphatic heterocycles. The SMILES string of the molecule is CC.C\C=C(/C=C\C(F)=C\C(C)C)CC. The summed E-state index contributed by atoms with van der Waals surface area (Å²) in [6.45, 7) is 11.9. The van der Waals surface area contributed by atoms with Gasteiger partial charge < -0.3 is 0 Å². The molecule has 0 nitrogen and oxygen atoms in total. The number of hydrogen-bond acceptors (Lipinski definition) is 0. The minimum atomic E-state index is -0.150. The zero-order valence-corrected chi connectivity index (χ0v) is 11.0. The molecule has 15 heavy (non-hydrogen) atoms. The lowest BCUT2D eigenvalue weighted by molar-refractivity contribution is 0.644. The molecule has 0 aromatic carbocycles. The molecule has 0 spiro atoms. The molecule has 0 aliphatic rings. The Balaban J connectivity index is 0. The van der Waals surface area contributed by atoms with Gasteiger partial charge in [-0.25, -0.2) is 4.39 Å². The molecule has 0 unspecified atom stereocenters. The van der Waals surface area contributed by atoms with Crippen LogP contribution in [0.5, 0.6) is 0 Å². The Morgan fingerprint density at radius 2 is 1.73 bits per heavy atom. The first kappa shape index (κ1) is 16.6. The van der Waals surface area contributed by atoms with E-state index in [1.54, 1.807) is 6.08 Å². The minimum absolute atomic E-state index is 0.150. The maximum Gasteiger partial charge on any atom is 0.119 e. The van der Waals surface area contributed by atoms with E-state index in [-0.39, 0.29) is 11.7 Å². The Bertz CT molecular complexity index is 219. The second-order valence-corrected chi connectivity index (χ2v) is 3.35. The molecule has 1 heteroatoms. The zero-order chi connectivity index (χ0) is 12.3. The normalized spacial score (nSPS) is 13.1. The van der Waals surface area contributed by atoms with Gasteiger partial charge in [0.2, 0.25) is 0 Å². The fourth-order valence-corrected chi connectivity index (χ4v) is 0.979. The van der Waals surface area contributed by atoms with Crippen LogP contribution in [0.2, 0.25) is 0 Å². The predicted octanol–water partition coefficient (Wildman–Crippen LogP) is 5.43. The summed E-state index contributed by atoms with van der Waals surface area (Å²) in [6, 6.07) is 0. The highest BCUT2D eigenvalue weighted by atomic mass is 19.1. The van der Waals surface area contributed by atoms with Gasteiger partial charge >= 0.3 is 0 Å². The van der Waals surface area contributed by atoms with Gasteiger partial charge in [0.15, 0.2) is 0 Å².